The molecule has 0 amide bonds. The Morgan fingerprint density at radius 2 is 0.438 bits per heavy atom. The van der Waals surface area contributed by atoms with Gasteiger partial charge in [-0.15, -0.1) is 0 Å². The van der Waals surface area contributed by atoms with E-state index in [0.29, 0.717) is 25.7 Å². The lowest BCUT2D eigenvalue weighted by Crippen LogP contribution is -2.30. The second kappa shape index (κ2) is 78.7. The number of ether oxygens (including phenoxy) is 4. The molecular weight excluding hydrogens is 1370 g/mol. The Balaban J connectivity index is 5.18. The Morgan fingerprint density at radius 3 is 0.648 bits per heavy atom. The van der Waals surface area contributed by atoms with Crippen molar-refractivity contribution in [3.05, 3.63) is 0 Å². The van der Waals surface area contributed by atoms with Gasteiger partial charge in [0.2, 0.25) is 0 Å². The monoisotopic (exact) mass is 1540 g/mol. The molecule has 0 saturated heterocycles. The van der Waals surface area contributed by atoms with Gasteiger partial charge in [-0.3, -0.25) is 37.3 Å². The molecule has 0 bridgehead atoms. The van der Waals surface area contributed by atoms with Gasteiger partial charge >= 0.3 is 39.5 Å². The molecule has 105 heavy (non-hydrogen) atoms. The van der Waals surface area contributed by atoms with Crippen LogP contribution in [-0.2, 0) is 65.4 Å². The normalized spacial score (nSPS) is 13.8. The molecule has 0 heterocycles. The molecule has 0 rings (SSSR count). The summed E-state index contributed by atoms with van der Waals surface area (Å²) in [6, 6.07) is 0. The second-order valence-electron chi connectivity index (χ2n) is 31.4. The van der Waals surface area contributed by atoms with E-state index in [4.69, 9.17) is 37.0 Å². The summed E-state index contributed by atoms with van der Waals surface area (Å²) in [6.45, 7) is 7.38. The third-order valence-corrected chi connectivity index (χ3v) is 22.2. The minimum atomic E-state index is -4.96. The van der Waals surface area contributed by atoms with Crippen LogP contribution in [0.2, 0.25) is 0 Å². The van der Waals surface area contributed by atoms with Crippen molar-refractivity contribution in [1.82, 2.24) is 0 Å². The summed E-state index contributed by atoms with van der Waals surface area (Å²) in [6.07, 6.45) is 72.3. The van der Waals surface area contributed by atoms with E-state index in [0.717, 1.165) is 95.8 Å². The van der Waals surface area contributed by atoms with Gasteiger partial charge in [0.1, 0.15) is 19.3 Å². The molecule has 17 nitrogen and oxygen atoms in total. The van der Waals surface area contributed by atoms with Gasteiger partial charge in [-0.05, 0) is 31.6 Å². The maximum absolute atomic E-state index is 13.1. The van der Waals surface area contributed by atoms with Gasteiger partial charge in [0.15, 0.2) is 12.2 Å². The zero-order valence-corrected chi connectivity index (χ0v) is 70.7. The predicted octanol–water partition coefficient (Wildman–Crippen LogP) is 26.4. The van der Waals surface area contributed by atoms with E-state index in [-0.39, 0.29) is 25.7 Å². The lowest BCUT2D eigenvalue weighted by Gasteiger charge is -2.21. The Labute approximate surface area is 645 Å². The number of phosphoric acid groups is 2. The van der Waals surface area contributed by atoms with E-state index >= 15 is 0 Å². The van der Waals surface area contributed by atoms with Crippen molar-refractivity contribution in [2.45, 2.75) is 483 Å². The molecule has 5 atom stereocenters. The lowest BCUT2D eigenvalue weighted by molar-refractivity contribution is -0.161. The molecule has 0 aliphatic carbocycles. The summed E-state index contributed by atoms with van der Waals surface area (Å²) in [7, 11) is -9.92. The molecule has 3 N–H and O–H groups in total. The van der Waals surface area contributed by atoms with Crippen molar-refractivity contribution in [3.8, 4) is 0 Å². The third kappa shape index (κ3) is 79.9. The van der Waals surface area contributed by atoms with Crippen LogP contribution in [0.1, 0.15) is 465 Å². The minimum absolute atomic E-state index is 0.109. The van der Waals surface area contributed by atoms with E-state index in [9.17, 15) is 43.2 Å². The highest BCUT2D eigenvalue weighted by atomic mass is 31.2. The van der Waals surface area contributed by atoms with E-state index in [2.05, 4.69) is 34.6 Å². The van der Waals surface area contributed by atoms with Gasteiger partial charge in [0, 0.05) is 25.7 Å². The molecule has 0 fully saturated rings. The molecule has 624 valence electrons. The summed E-state index contributed by atoms with van der Waals surface area (Å²) in [5, 5.41) is 10.7. The number of aliphatic hydroxyl groups excluding tert-OH is 1. The van der Waals surface area contributed by atoms with Crippen molar-refractivity contribution in [2.75, 3.05) is 39.6 Å². The van der Waals surface area contributed by atoms with Crippen LogP contribution >= 0.6 is 15.6 Å². The van der Waals surface area contributed by atoms with Crippen molar-refractivity contribution >= 4 is 39.5 Å². The number of carbonyl (C=O) groups excluding carboxylic acids is 4. The molecule has 0 aliphatic rings. The summed E-state index contributed by atoms with van der Waals surface area (Å²) in [4.78, 5) is 73.1. The highest BCUT2D eigenvalue weighted by molar-refractivity contribution is 7.47. The number of aliphatic hydroxyl groups is 1. The van der Waals surface area contributed by atoms with Gasteiger partial charge < -0.3 is 33.8 Å². The van der Waals surface area contributed by atoms with Crippen LogP contribution in [-0.4, -0.2) is 96.7 Å². The first-order valence-electron chi connectivity index (χ1n) is 44.6. The van der Waals surface area contributed by atoms with E-state index < -0.39 is 97.5 Å². The Morgan fingerprint density at radius 1 is 0.257 bits per heavy atom. The van der Waals surface area contributed by atoms with Crippen LogP contribution in [0.15, 0.2) is 0 Å². The van der Waals surface area contributed by atoms with Crippen LogP contribution in [0, 0.1) is 5.92 Å². The Bertz CT molecular complexity index is 2000. The first-order chi connectivity index (χ1) is 51.0. The van der Waals surface area contributed by atoms with Crippen LogP contribution in [0.5, 0.6) is 0 Å². The largest absolute Gasteiger partial charge is 0.472 e. The smallest absolute Gasteiger partial charge is 0.462 e. The topological polar surface area (TPSA) is 237 Å². The summed E-state index contributed by atoms with van der Waals surface area (Å²) >= 11 is 0. The fraction of sp³-hybridized carbons (Fsp3) is 0.953. The molecule has 0 aromatic carbocycles. The fourth-order valence-electron chi connectivity index (χ4n) is 13.5. The van der Waals surface area contributed by atoms with Crippen molar-refractivity contribution in [2.24, 2.45) is 5.92 Å². The predicted molar refractivity (Wildman–Crippen MR) is 432 cm³/mol. The average molecular weight is 1540 g/mol. The lowest BCUT2D eigenvalue weighted by atomic mass is 10.0. The molecule has 2 unspecified atom stereocenters. The minimum Gasteiger partial charge on any atom is -0.462 e. The van der Waals surface area contributed by atoms with Gasteiger partial charge in [0.05, 0.1) is 26.4 Å². The summed E-state index contributed by atoms with van der Waals surface area (Å²) in [5.41, 5.74) is 0. The number of carbonyl (C=O) groups is 4. The van der Waals surface area contributed by atoms with Crippen LogP contribution < -0.4 is 0 Å². The van der Waals surface area contributed by atoms with E-state index in [1.807, 2.05) is 0 Å². The van der Waals surface area contributed by atoms with Gasteiger partial charge in [-0.25, -0.2) is 9.13 Å². The maximum Gasteiger partial charge on any atom is 0.472 e. The average Bonchev–Trinajstić information content (AvgIpc) is 0.971. The van der Waals surface area contributed by atoms with Crippen molar-refractivity contribution in [3.63, 3.8) is 0 Å². The number of rotatable bonds is 86. The summed E-state index contributed by atoms with van der Waals surface area (Å²) in [5.74, 6) is -1.28. The number of hydrogen-bond acceptors (Lipinski definition) is 15. The molecule has 0 aromatic rings. The number of esters is 4. The Kier molecular flexibility index (Phi) is 77.3. The molecule has 0 aliphatic heterocycles. The highest BCUT2D eigenvalue weighted by Gasteiger charge is 2.30. The standard InChI is InChI=1S/C86H168O17P2/c1-6-9-12-15-18-21-23-25-27-29-34-38-42-46-50-55-60-65-70-84(89)97-76-82(103-86(91)72-67-62-57-52-48-44-40-36-32-31-33-37-41-45-49-53-58-63-68-79(4)5)78-101-105(94,95)99-74-80(87)73-98-104(92,93)100-77-81(75-96-83(88)69-64-59-54-20-17-14-11-8-3)102-85(90)71-66-61-56-51-47-43-39-35-30-28-26-24-22-19-16-13-10-7-2/h79-82,87H,6-78H2,1-5H3,(H,92,93)(H,94,95)/t80-,81+,82+/m0/s1. The van der Waals surface area contributed by atoms with Gasteiger partial charge in [0.25, 0.3) is 0 Å². The third-order valence-electron chi connectivity index (χ3n) is 20.3. The van der Waals surface area contributed by atoms with E-state index in [1.54, 1.807) is 0 Å². The van der Waals surface area contributed by atoms with Crippen LogP contribution in [0.25, 0.3) is 0 Å². The molecule has 0 radical (unpaired) electrons. The van der Waals surface area contributed by atoms with Gasteiger partial charge in [-0.2, -0.15) is 0 Å². The fourth-order valence-corrected chi connectivity index (χ4v) is 15.1. The number of phosphoric ester groups is 2. The van der Waals surface area contributed by atoms with E-state index in [1.165, 1.54) is 289 Å². The Hall–Kier alpha value is -1.94. The molecule has 19 heteroatoms. The molecule has 0 saturated carbocycles. The number of hydrogen-bond donors (Lipinski definition) is 3. The molecule has 0 aromatic heterocycles. The van der Waals surface area contributed by atoms with Crippen molar-refractivity contribution < 1.29 is 80.2 Å². The van der Waals surface area contributed by atoms with Crippen LogP contribution in [0.4, 0.5) is 0 Å². The second-order valence-corrected chi connectivity index (χ2v) is 34.3. The summed E-state index contributed by atoms with van der Waals surface area (Å²) < 4.78 is 68.8. The van der Waals surface area contributed by atoms with Gasteiger partial charge in [-0.1, -0.05) is 413 Å². The molecule has 0 spiro atoms. The SMILES string of the molecule is CCCCCCCCCCCCCCCCCCCCC(=O)OC[C@H](COP(=O)(O)OC[C@@H](O)COP(=O)(O)OC[C@@H](COC(=O)CCCCCCCCCC)OC(=O)CCCCCCCCCCCCCCCCCCCC)OC(=O)CCCCCCCCCCCCCCCCCCCCC(C)C. The number of unbranched alkanes of at least 4 members (excludes halogenated alkanes) is 58. The highest BCUT2D eigenvalue weighted by Crippen LogP contribution is 2.45. The maximum atomic E-state index is 13.1. The quantitative estimate of drug-likeness (QED) is 0.0222. The zero-order chi connectivity index (χ0) is 76.9. The van der Waals surface area contributed by atoms with Crippen LogP contribution in [0.3, 0.4) is 0 Å². The van der Waals surface area contributed by atoms with Crippen molar-refractivity contribution in [1.29, 1.82) is 0 Å². The first kappa shape index (κ1) is 103. The molecular formula is C86H168O17P2. The zero-order valence-electron chi connectivity index (χ0n) is 68.9. The first-order valence-corrected chi connectivity index (χ1v) is 47.6.